The van der Waals surface area contributed by atoms with Crippen LogP contribution in [0.3, 0.4) is 0 Å². The van der Waals surface area contributed by atoms with Gasteiger partial charge >= 0.3 is 0 Å². The van der Waals surface area contributed by atoms with Crippen LogP contribution < -0.4 is 10.6 Å². The van der Waals surface area contributed by atoms with E-state index in [1.807, 2.05) is 19.1 Å². The lowest BCUT2D eigenvalue weighted by atomic mass is 10.3. The highest BCUT2D eigenvalue weighted by Crippen LogP contribution is 2.06. The number of hydrogen-bond acceptors (Lipinski definition) is 4. The maximum atomic E-state index is 6.03. The van der Waals surface area contributed by atoms with Gasteiger partial charge in [0.2, 0.25) is 0 Å². The largest absolute Gasteiger partial charge is 0.378 e. The van der Waals surface area contributed by atoms with Gasteiger partial charge in [0, 0.05) is 24.0 Å². The van der Waals surface area contributed by atoms with Gasteiger partial charge in [-0.25, -0.2) is 9.97 Å². The molecule has 1 saturated heterocycles. The van der Waals surface area contributed by atoms with Crippen LogP contribution >= 0.6 is 11.6 Å². The fourth-order valence-corrected chi connectivity index (χ4v) is 2.12. The van der Waals surface area contributed by atoms with Gasteiger partial charge < -0.3 is 9.64 Å². The van der Waals surface area contributed by atoms with Crippen molar-refractivity contribution < 1.29 is 4.74 Å². The summed E-state index contributed by atoms with van der Waals surface area (Å²) in [4.78, 5) is 10.4. The second-order valence-corrected chi connectivity index (χ2v) is 4.35. The molecular weight excluding hydrogens is 250 g/mol. The van der Waals surface area contributed by atoms with Crippen LogP contribution in [0, 0.1) is 0 Å². The summed E-state index contributed by atoms with van der Waals surface area (Å²) in [7, 11) is 0. The molecule has 4 nitrogen and oxygen atoms in total. The third-order valence-corrected chi connectivity index (χ3v) is 3.18. The molecular formula is C13H16ClN3O. The molecule has 0 aliphatic carbocycles. The lowest BCUT2D eigenvalue weighted by Gasteiger charge is -2.28. The van der Waals surface area contributed by atoms with E-state index in [9.17, 15) is 0 Å². The lowest BCUT2D eigenvalue weighted by Crippen LogP contribution is -2.36. The van der Waals surface area contributed by atoms with Crippen molar-refractivity contribution in [3.63, 3.8) is 0 Å². The van der Waals surface area contributed by atoms with Crippen LogP contribution in [0.25, 0.3) is 12.2 Å². The van der Waals surface area contributed by atoms with Crippen LogP contribution in [0.15, 0.2) is 18.6 Å². The number of nitrogens with zero attached hydrogens (tertiary/aromatic N) is 3. The van der Waals surface area contributed by atoms with Crippen molar-refractivity contribution in [2.45, 2.75) is 6.92 Å². The number of allylic oxidation sites excluding steroid dienone is 1. The Morgan fingerprint density at radius 1 is 1.44 bits per heavy atom. The zero-order valence-corrected chi connectivity index (χ0v) is 11.2. The molecule has 5 heteroatoms. The molecule has 0 radical (unpaired) electrons. The molecule has 0 N–H and O–H groups in total. The molecule has 1 aliphatic rings. The number of halogens is 1. The van der Waals surface area contributed by atoms with Gasteiger partial charge in [0.25, 0.3) is 0 Å². The summed E-state index contributed by atoms with van der Waals surface area (Å²) in [6.07, 6.45) is 5.31. The van der Waals surface area contributed by atoms with Gasteiger partial charge in [-0.15, -0.1) is 0 Å². The third-order valence-electron chi connectivity index (χ3n) is 2.88. The van der Waals surface area contributed by atoms with Gasteiger partial charge in [-0.2, -0.15) is 0 Å². The Hall–Kier alpha value is -1.39. The zero-order valence-electron chi connectivity index (χ0n) is 10.4. The Morgan fingerprint density at radius 3 is 2.83 bits per heavy atom. The van der Waals surface area contributed by atoms with Crippen LogP contribution in [-0.4, -0.2) is 41.2 Å². The van der Waals surface area contributed by atoms with E-state index in [0.29, 0.717) is 5.15 Å². The maximum absolute atomic E-state index is 6.03. The van der Waals surface area contributed by atoms with Gasteiger partial charge in [0.05, 0.1) is 18.6 Å². The molecule has 1 fully saturated rings. The maximum Gasteiger partial charge on any atom is 0.139 e. The number of hydrogen-bond donors (Lipinski definition) is 0. The zero-order chi connectivity index (χ0) is 13.0. The van der Waals surface area contributed by atoms with Crippen molar-refractivity contribution in [3.05, 3.63) is 34.3 Å². The van der Waals surface area contributed by atoms with E-state index >= 15 is 0 Å². The number of morpholine rings is 1. The standard InChI is InChI=1S/C13H16ClN3O/c1-3-11-12(15-9-16-13(11)14)8-10(2)17-4-6-18-7-5-17/h3,8-9H,2,4-7H2,1H3/b11-3+,12-8+. The molecule has 18 heavy (non-hydrogen) atoms. The molecule has 1 aliphatic heterocycles. The quantitative estimate of drug-likeness (QED) is 0.733. The van der Waals surface area contributed by atoms with Crippen molar-refractivity contribution >= 4 is 23.8 Å². The topological polar surface area (TPSA) is 38.2 Å². The van der Waals surface area contributed by atoms with E-state index < -0.39 is 0 Å². The van der Waals surface area contributed by atoms with E-state index in [0.717, 1.165) is 42.6 Å². The molecule has 0 atom stereocenters. The second kappa shape index (κ2) is 5.98. The number of rotatable bonds is 2. The summed E-state index contributed by atoms with van der Waals surface area (Å²) < 4.78 is 5.31. The predicted octanol–water partition coefficient (Wildman–Crippen LogP) is 0.557. The van der Waals surface area contributed by atoms with E-state index in [-0.39, 0.29) is 0 Å². The van der Waals surface area contributed by atoms with Crippen LogP contribution in [0.1, 0.15) is 6.92 Å². The first kappa shape index (κ1) is 13.1. The molecule has 0 bridgehead atoms. The van der Waals surface area contributed by atoms with Crippen molar-refractivity contribution in [2.24, 2.45) is 0 Å². The van der Waals surface area contributed by atoms with Crippen LogP contribution in [0.2, 0.25) is 5.15 Å². The molecule has 0 aromatic carbocycles. The molecule has 1 aromatic heterocycles. The molecule has 2 rings (SSSR count). The van der Waals surface area contributed by atoms with Crippen molar-refractivity contribution in [1.29, 1.82) is 0 Å². The number of aromatic nitrogens is 2. The number of ether oxygens (including phenoxy) is 1. The van der Waals surface area contributed by atoms with Crippen LogP contribution in [-0.2, 0) is 4.74 Å². The summed E-state index contributed by atoms with van der Waals surface area (Å²) >= 11 is 6.03. The fourth-order valence-electron chi connectivity index (χ4n) is 1.87. The average Bonchev–Trinajstić information content (AvgIpc) is 2.40. The Morgan fingerprint density at radius 2 is 2.17 bits per heavy atom. The summed E-state index contributed by atoms with van der Waals surface area (Å²) in [6.45, 7) is 9.19. The highest BCUT2D eigenvalue weighted by molar-refractivity contribution is 6.29. The van der Waals surface area contributed by atoms with Crippen LogP contribution in [0.4, 0.5) is 0 Å². The fraction of sp³-hybridized carbons (Fsp3) is 0.385. The Balaban J connectivity index is 2.33. The summed E-state index contributed by atoms with van der Waals surface area (Å²) in [6, 6.07) is 0. The first-order valence-electron chi connectivity index (χ1n) is 5.88. The van der Waals surface area contributed by atoms with Gasteiger partial charge in [-0.05, 0) is 13.0 Å². The van der Waals surface area contributed by atoms with Gasteiger partial charge in [0.15, 0.2) is 0 Å². The third kappa shape index (κ3) is 2.89. The van der Waals surface area contributed by atoms with Gasteiger partial charge in [0.1, 0.15) is 11.5 Å². The van der Waals surface area contributed by atoms with Crippen molar-refractivity contribution in [3.8, 4) is 0 Å². The Kier molecular flexibility index (Phi) is 4.33. The molecule has 0 amide bonds. The Labute approximate surface area is 111 Å². The predicted molar refractivity (Wildman–Crippen MR) is 72.4 cm³/mol. The monoisotopic (exact) mass is 265 g/mol. The Bertz CT molecular complexity index is 550. The van der Waals surface area contributed by atoms with E-state index in [1.54, 1.807) is 0 Å². The van der Waals surface area contributed by atoms with E-state index in [4.69, 9.17) is 16.3 Å². The molecule has 2 heterocycles. The average molecular weight is 266 g/mol. The minimum atomic E-state index is 0.466. The van der Waals surface area contributed by atoms with Crippen molar-refractivity contribution in [1.82, 2.24) is 14.9 Å². The molecule has 96 valence electrons. The minimum absolute atomic E-state index is 0.466. The molecule has 0 unspecified atom stereocenters. The molecule has 0 saturated carbocycles. The van der Waals surface area contributed by atoms with E-state index in [1.165, 1.54) is 6.33 Å². The first-order valence-corrected chi connectivity index (χ1v) is 6.26. The second-order valence-electron chi connectivity index (χ2n) is 3.99. The minimum Gasteiger partial charge on any atom is -0.378 e. The summed E-state index contributed by atoms with van der Waals surface area (Å²) in [5, 5.41) is 2.11. The molecule has 1 aromatic rings. The van der Waals surface area contributed by atoms with Gasteiger partial charge in [-0.3, -0.25) is 0 Å². The van der Waals surface area contributed by atoms with E-state index in [2.05, 4.69) is 21.4 Å². The summed E-state index contributed by atoms with van der Waals surface area (Å²) in [5.74, 6) is 0. The highest BCUT2D eigenvalue weighted by Gasteiger charge is 2.10. The summed E-state index contributed by atoms with van der Waals surface area (Å²) in [5.41, 5.74) is 0.927. The highest BCUT2D eigenvalue weighted by atomic mass is 35.5. The van der Waals surface area contributed by atoms with Gasteiger partial charge in [-0.1, -0.05) is 24.3 Å². The smallest absolute Gasteiger partial charge is 0.139 e. The lowest BCUT2D eigenvalue weighted by molar-refractivity contribution is 0.0564. The normalized spacial score (nSPS) is 18.2. The SMILES string of the molecule is C=C(/C=c1/ncnc(Cl)/c1=C/C)N1CCOCC1. The van der Waals surface area contributed by atoms with Crippen LogP contribution in [0.5, 0.6) is 0 Å². The molecule has 0 spiro atoms. The van der Waals surface area contributed by atoms with Crippen molar-refractivity contribution in [2.75, 3.05) is 26.3 Å². The first-order chi connectivity index (χ1) is 8.72.